The summed E-state index contributed by atoms with van der Waals surface area (Å²) in [7, 11) is 2.79. The molecule has 0 aliphatic carbocycles. The number of rotatable bonds is 13. The van der Waals surface area contributed by atoms with Gasteiger partial charge >= 0.3 is 11.9 Å². The quantitative estimate of drug-likeness (QED) is 0.130. The molecule has 2 fully saturated rings. The number of ether oxygens (including phenoxy) is 6. The summed E-state index contributed by atoms with van der Waals surface area (Å²) in [5.74, 6) is -2.16. The van der Waals surface area contributed by atoms with Crippen LogP contribution in [0.4, 0.5) is 0 Å². The molecule has 0 bridgehead atoms. The Morgan fingerprint density at radius 3 is 1.27 bits per heavy atom. The van der Waals surface area contributed by atoms with Gasteiger partial charge in [-0.1, -0.05) is 26.0 Å². The van der Waals surface area contributed by atoms with Crippen LogP contribution in [0.2, 0.25) is 0 Å². The lowest BCUT2D eigenvalue weighted by Crippen LogP contribution is -2.61. The van der Waals surface area contributed by atoms with E-state index in [1.54, 1.807) is 24.3 Å². The van der Waals surface area contributed by atoms with Crippen molar-refractivity contribution in [2.75, 3.05) is 14.2 Å². The lowest BCUT2D eigenvalue weighted by Gasteiger charge is -2.38. The zero-order chi connectivity index (χ0) is 35.4. The molecule has 2 aromatic rings. The van der Waals surface area contributed by atoms with Crippen LogP contribution in [0.25, 0.3) is 0 Å². The largest absolute Gasteiger partial charge is 0.493 e. The van der Waals surface area contributed by atoms with Gasteiger partial charge in [0.05, 0.1) is 14.2 Å². The molecule has 0 radical (unpaired) electrons. The normalized spacial score (nSPS) is 31.7. The third-order valence-electron chi connectivity index (χ3n) is 8.66. The number of benzene rings is 2. The van der Waals surface area contributed by atoms with E-state index < -0.39 is 73.4 Å². The van der Waals surface area contributed by atoms with Gasteiger partial charge < -0.3 is 69.3 Å². The monoisotopic (exact) mass is 682 g/mol. The second-order valence-corrected chi connectivity index (χ2v) is 12.0. The van der Waals surface area contributed by atoms with Crippen LogP contribution in [0.3, 0.4) is 0 Å². The van der Waals surface area contributed by atoms with Gasteiger partial charge in [-0.15, -0.1) is 0 Å². The van der Waals surface area contributed by atoms with Crippen LogP contribution >= 0.6 is 0 Å². The maximum atomic E-state index is 11.5. The van der Waals surface area contributed by atoms with E-state index in [0.717, 1.165) is 11.1 Å². The number of carboxylic acid groups (broad SMARTS) is 2. The van der Waals surface area contributed by atoms with E-state index in [9.17, 15) is 50.4 Å². The predicted octanol–water partition coefficient (Wildman–Crippen LogP) is -0.697. The van der Waals surface area contributed by atoms with Crippen LogP contribution in [-0.2, 0) is 31.9 Å². The summed E-state index contributed by atoms with van der Waals surface area (Å²) in [6.45, 7) is 4.06. The molecule has 8 N–H and O–H groups in total. The maximum absolute atomic E-state index is 11.5. The number of carbonyl (C=O) groups is 2. The Labute approximate surface area is 275 Å². The fourth-order valence-electron chi connectivity index (χ4n) is 5.58. The molecule has 0 saturated carbocycles. The minimum absolute atomic E-state index is 0.0686. The van der Waals surface area contributed by atoms with Crippen molar-refractivity contribution in [1.82, 2.24) is 0 Å². The second kappa shape index (κ2) is 15.7. The van der Waals surface area contributed by atoms with E-state index >= 15 is 0 Å². The first kappa shape index (κ1) is 37.1. The number of aliphatic hydroxyl groups excluding tert-OH is 6. The van der Waals surface area contributed by atoms with Crippen LogP contribution in [0, 0.1) is 11.8 Å². The molecule has 0 amide bonds. The molecule has 2 heterocycles. The van der Waals surface area contributed by atoms with Crippen LogP contribution < -0.4 is 18.9 Å². The number of hydrogen-bond acceptors (Lipinski definition) is 14. The second-order valence-electron chi connectivity index (χ2n) is 12.0. The molecule has 266 valence electrons. The van der Waals surface area contributed by atoms with Crippen molar-refractivity contribution in [2.24, 2.45) is 11.8 Å². The van der Waals surface area contributed by atoms with Crippen molar-refractivity contribution in [2.45, 2.75) is 88.1 Å². The molecule has 12 atom stereocenters. The van der Waals surface area contributed by atoms with Gasteiger partial charge in [0.25, 0.3) is 0 Å². The number of carboxylic acids is 2. The van der Waals surface area contributed by atoms with E-state index in [-0.39, 0.29) is 34.8 Å². The van der Waals surface area contributed by atoms with Gasteiger partial charge in [0.15, 0.2) is 35.2 Å². The van der Waals surface area contributed by atoms with Crippen LogP contribution in [0.1, 0.15) is 25.0 Å². The molecule has 2 saturated heterocycles. The summed E-state index contributed by atoms with van der Waals surface area (Å²) < 4.78 is 32.7. The molecule has 0 spiro atoms. The first-order chi connectivity index (χ1) is 22.7. The van der Waals surface area contributed by atoms with Crippen LogP contribution in [0.15, 0.2) is 36.4 Å². The molecule has 2 unspecified atom stereocenters. The highest BCUT2D eigenvalue weighted by molar-refractivity contribution is 5.74. The first-order valence-electron chi connectivity index (χ1n) is 15.2. The number of methoxy groups -OCH3 is 2. The average Bonchev–Trinajstić information content (AvgIpc) is 3.05. The SMILES string of the molecule is COc1ccc(CC(C)C(C)Cc2ccc(OC)c(O[C@@H]3O[C@H](C(=O)O)[C@@H](O)[C@H](O)[C@H]3O)c2)cc1O[C@@H]1O[C@H](C(=O)O)[C@@H](O)[C@H](O)[C@H]1O. The standard InChI is InChI=1S/C32H42O16/c1-13(9-15-5-7-17(43-3)19(11-15)45-31-25(37)21(33)23(35)27(47-31)29(39)40)14(2)10-16-6-8-18(44-4)20(12-16)46-32-26(38)22(34)24(36)28(48-32)30(41)42/h5-8,11-14,21-28,31-38H,9-10H2,1-4H3,(H,39,40)(H,41,42)/t13?,14?,21-,22-,23-,24-,25+,26+,27-,28-,31+,32+/m0/s1. The summed E-state index contributed by atoms with van der Waals surface area (Å²) in [6, 6.07) is 10.2. The van der Waals surface area contributed by atoms with Crippen molar-refractivity contribution in [3.8, 4) is 23.0 Å². The molecule has 2 aliphatic rings. The molecular weight excluding hydrogens is 640 g/mol. The molecule has 4 rings (SSSR count). The number of hydrogen-bond donors (Lipinski definition) is 8. The zero-order valence-corrected chi connectivity index (χ0v) is 26.7. The van der Waals surface area contributed by atoms with Crippen molar-refractivity contribution < 1.29 is 78.9 Å². The highest BCUT2D eigenvalue weighted by atomic mass is 16.7. The highest BCUT2D eigenvalue weighted by Gasteiger charge is 2.49. The molecule has 16 nitrogen and oxygen atoms in total. The Morgan fingerprint density at radius 2 is 0.958 bits per heavy atom. The smallest absolute Gasteiger partial charge is 0.335 e. The third kappa shape index (κ3) is 8.10. The van der Waals surface area contributed by atoms with Gasteiger partial charge in [-0.3, -0.25) is 0 Å². The molecule has 48 heavy (non-hydrogen) atoms. The van der Waals surface area contributed by atoms with E-state index in [0.29, 0.717) is 12.8 Å². The predicted molar refractivity (Wildman–Crippen MR) is 162 cm³/mol. The zero-order valence-electron chi connectivity index (χ0n) is 26.7. The Bertz CT molecular complexity index is 1310. The Kier molecular flexibility index (Phi) is 12.1. The van der Waals surface area contributed by atoms with E-state index in [4.69, 9.17) is 28.4 Å². The first-order valence-corrected chi connectivity index (χ1v) is 15.2. The van der Waals surface area contributed by atoms with Crippen LogP contribution in [0.5, 0.6) is 23.0 Å². The molecule has 2 aliphatic heterocycles. The Balaban J connectivity index is 1.45. The van der Waals surface area contributed by atoms with Gasteiger partial charge in [0.1, 0.15) is 36.6 Å². The molecule has 16 heteroatoms. The minimum atomic E-state index is -1.86. The van der Waals surface area contributed by atoms with Crippen molar-refractivity contribution in [1.29, 1.82) is 0 Å². The van der Waals surface area contributed by atoms with Crippen LogP contribution in [-0.4, -0.2) is 128 Å². The molecule has 2 aromatic carbocycles. The van der Waals surface area contributed by atoms with Gasteiger partial charge in [-0.05, 0) is 60.1 Å². The van der Waals surface area contributed by atoms with Crippen molar-refractivity contribution in [3.63, 3.8) is 0 Å². The Hall–Kier alpha value is -3.74. The topological polar surface area (TPSA) is 251 Å². The summed E-state index contributed by atoms with van der Waals surface area (Å²) >= 11 is 0. The fraction of sp³-hybridized carbons (Fsp3) is 0.562. The Morgan fingerprint density at radius 1 is 0.604 bits per heavy atom. The van der Waals surface area contributed by atoms with Gasteiger partial charge in [0.2, 0.25) is 12.6 Å². The maximum Gasteiger partial charge on any atom is 0.335 e. The van der Waals surface area contributed by atoms with Crippen molar-refractivity contribution >= 4 is 11.9 Å². The lowest BCUT2D eigenvalue weighted by atomic mass is 9.85. The number of aliphatic carboxylic acids is 2. The minimum Gasteiger partial charge on any atom is -0.493 e. The lowest BCUT2D eigenvalue weighted by molar-refractivity contribution is -0.271. The average molecular weight is 683 g/mol. The molecular formula is C32H42O16. The summed E-state index contributed by atoms with van der Waals surface area (Å²) in [4.78, 5) is 23.0. The molecule has 0 aromatic heterocycles. The summed E-state index contributed by atoms with van der Waals surface area (Å²) in [5, 5.41) is 79.8. The van der Waals surface area contributed by atoms with E-state index in [1.807, 2.05) is 26.0 Å². The highest BCUT2D eigenvalue weighted by Crippen LogP contribution is 2.36. The third-order valence-corrected chi connectivity index (χ3v) is 8.66. The summed E-state index contributed by atoms with van der Waals surface area (Å²) in [5.41, 5.74) is 1.61. The van der Waals surface area contributed by atoms with Gasteiger partial charge in [-0.2, -0.15) is 0 Å². The van der Waals surface area contributed by atoms with Gasteiger partial charge in [-0.25, -0.2) is 9.59 Å². The van der Waals surface area contributed by atoms with E-state index in [2.05, 4.69) is 0 Å². The van der Waals surface area contributed by atoms with Crippen molar-refractivity contribution in [3.05, 3.63) is 47.5 Å². The van der Waals surface area contributed by atoms with Gasteiger partial charge in [0, 0.05) is 0 Å². The fourth-order valence-corrected chi connectivity index (χ4v) is 5.58. The number of aliphatic hydroxyl groups is 6. The van der Waals surface area contributed by atoms with E-state index in [1.165, 1.54) is 14.2 Å². The summed E-state index contributed by atoms with van der Waals surface area (Å²) in [6.07, 6.45) is -16.6.